The van der Waals surface area contributed by atoms with Gasteiger partial charge in [-0.3, -0.25) is 4.39 Å². The number of hydrogen-bond acceptors (Lipinski definition) is 0. The van der Waals surface area contributed by atoms with Crippen LogP contribution >= 0.6 is 0 Å². The summed E-state index contributed by atoms with van der Waals surface area (Å²) >= 11 is 0. The maximum Gasteiger partial charge on any atom is 1.00 e. The first-order valence-corrected chi connectivity index (χ1v) is 6.25. The van der Waals surface area contributed by atoms with E-state index in [4.69, 9.17) is 0 Å². The van der Waals surface area contributed by atoms with Gasteiger partial charge in [0, 0.05) is 11.6 Å². The SMILES string of the molecule is CCCC1=CCC(c2cc[c-]c(F)c2F)CC1.[Li+]. The largest absolute Gasteiger partial charge is 1.00 e. The molecule has 1 aliphatic carbocycles. The van der Waals surface area contributed by atoms with Gasteiger partial charge in [0.05, 0.1) is 0 Å². The maximum absolute atomic E-state index is 13.6. The van der Waals surface area contributed by atoms with Crippen LogP contribution in [0.5, 0.6) is 0 Å². The average Bonchev–Trinajstić information content (AvgIpc) is 2.34. The zero-order valence-corrected chi connectivity index (χ0v) is 11.1. The fourth-order valence-corrected chi connectivity index (χ4v) is 2.50. The monoisotopic (exact) mass is 242 g/mol. The summed E-state index contributed by atoms with van der Waals surface area (Å²) in [5.41, 5.74) is 1.97. The Balaban J connectivity index is 0.00000162. The molecule has 0 spiro atoms. The van der Waals surface area contributed by atoms with E-state index in [-0.39, 0.29) is 24.8 Å². The Morgan fingerprint density at radius 3 is 2.78 bits per heavy atom. The second-order valence-electron chi connectivity index (χ2n) is 4.64. The van der Waals surface area contributed by atoms with E-state index >= 15 is 0 Å². The predicted octanol–water partition coefficient (Wildman–Crippen LogP) is 1.76. The van der Waals surface area contributed by atoms with Crippen LogP contribution in [0.1, 0.15) is 50.5 Å². The van der Waals surface area contributed by atoms with Crippen LogP contribution in [0.15, 0.2) is 23.8 Å². The summed E-state index contributed by atoms with van der Waals surface area (Å²) in [5.74, 6) is -1.45. The van der Waals surface area contributed by atoms with Crippen molar-refractivity contribution in [2.75, 3.05) is 0 Å². The minimum absolute atomic E-state index is 0. The van der Waals surface area contributed by atoms with Gasteiger partial charge in [0.1, 0.15) is 0 Å². The normalized spacial score (nSPS) is 19.1. The van der Waals surface area contributed by atoms with Gasteiger partial charge in [-0.05, 0) is 31.6 Å². The molecule has 18 heavy (non-hydrogen) atoms. The maximum atomic E-state index is 13.6. The van der Waals surface area contributed by atoms with Crippen molar-refractivity contribution in [2.24, 2.45) is 0 Å². The van der Waals surface area contributed by atoms with E-state index in [9.17, 15) is 8.78 Å². The number of benzene rings is 1. The molecule has 2 rings (SSSR count). The summed E-state index contributed by atoms with van der Waals surface area (Å²) < 4.78 is 26.7. The summed E-state index contributed by atoms with van der Waals surface area (Å²) in [4.78, 5) is 0. The first-order chi connectivity index (χ1) is 8.22. The van der Waals surface area contributed by atoms with Crippen molar-refractivity contribution < 1.29 is 27.6 Å². The fraction of sp³-hybridized carbons (Fsp3) is 0.467. The van der Waals surface area contributed by atoms with Crippen LogP contribution in [-0.2, 0) is 0 Å². The van der Waals surface area contributed by atoms with Crippen molar-refractivity contribution in [3.8, 4) is 0 Å². The van der Waals surface area contributed by atoms with Gasteiger partial charge < -0.3 is 0 Å². The molecule has 0 radical (unpaired) electrons. The zero-order valence-electron chi connectivity index (χ0n) is 11.1. The Kier molecular flexibility index (Phi) is 6.12. The fourth-order valence-electron chi connectivity index (χ4n) is 2.50. The van der Waals surface area contributed by atoms with Crippen LogP contribution in [0, 0.1) is 17.7 Å². The summed E-state index contributed by atoms with van der Waals surface area (Å²) in [6, 6.07) is 5.38. The molecule has 0 heterocycles. The van der Waals surface area contributed by atoms with E-state index in [2.05, 4.69) is 19.1 Å². The van der Waals surface area contributed by atoms with Crippen LogP contribution < -0.4 is 18.9 Å². The Labute approximate surface area is 120 Å². The number of hydrogen-bond donors (Lipinski definition) is 0. The Morgan fingerprint density at radius 2 is 2.17 bits per heavy atom. The van der Waals surface area contributed by atoms with Gasteiger partial charge in [-0.1, -0.05) is 25.0 Å². The van der Waals surface area contributed by atoms with Gasteiger partial charge >= 0.3 is 18.9 Å². The molecule has 0 fully saturated rings. The summed E-state index contributed by atoms with van der Waals surface area (Å²) in [6.07, 6.45) is 7.25. The molecule has 0 saturated heterocycles. The summed E-state index contributed by atoms with van der Waals surface area (Å²) in [5, 5.41) is 0. The van der Waals surface area contributed by atoms with Crippen molar-refractivity contribution in [3.63, 3.8) is 0 Å². The molecule has 1 aromatic rings. The van der Waals surface area contributed by atoms with Gasteiger partial charge in [0.15, 0.2) is 0 Å². The van der Waals surface area contributed by atoms with Crippen molar-refractivity contribution in [1.82, 2.24) is 0 Å². The van der Waals surface area contributed by atoms with Crippen LogP contribution in [0.25, 0.3) is 0 Å². The van der Waals surface area contributed by atoms with E-state index in [0.29, 0.717) is 5.56 Å². The third kappa shape index (κ3) is 3.46. The standard InChI is InChI=1S/C15H17F2.Li/c1-2-4-11-7-9-12(10-8-11)13-5-3-6-14(16)15(13)17;/h3,5,7,12H,2,4,8-10H2,1H3;/q-1;+1. The van der Waals surface area contributed by atoms with Gasteiger partial charge in [-0.2, -0.15) is 12.1 Å². The van der Waals surface area contributed by atoms with Crippen LogP contribution in [-0.4, -0.2) is 0 Å². The Morgan fingerprint density at radius 1 is 1.39 bits per heavy atom. The number of rotatable bonds is 3. The molecule has 92 valence electrons. The second-order valence-corrected chi connectivity index (χ2v) is 4.64. The van der Waals surface area contributed by atoms with E-state index in [1.165, 1.54) is 11.6 Å². The number of allylic oxidation sites excluding steroid dienone is 2. The number of halogens is 2. The molecule has 0 nitrogen and oxygen atoms in total. The molecule has 0 bridgehead atoms. The van der Waals surface area contributed by atoms with Gasteiger partial charge in [0.25, 0.3) is 0 Å². The first kappa shape index (κ1) is 15.5. The van der Waals surface area contributed by atoms with Crippen molar-refractivity contribution >= 4 is 0 Å². The first-order valence-electron chi connectivity index (χ1n) is 6.25. The minimum atomic E-state index is -0.856. The molecule has 1 aliphatic rings. The molecule has 1 aromatic carbocycles. The molecule has 1 unspecified atom stereocenters. The van der Waals surface area contributed by atoms with E-state index in [1.807, 2.05) is 0 Å². The van der Waals surface area contributed by atoms with E-state index < -0.39 is 11.6 Å². The van der Waals surface area contributed by atoms with Crippen LogP contribution in [0.3, 0.4) is 0 Å². The minimum Gasteiger partial charge on any atom is -0.281 e. The van der Waals surface area contributed by atoms with Crippen LogP contribution in [0.2, 0.25) is 0 Å². The Hall–Kier alpha value is -0.583. The molecule has 3 heteroatoms. The topological polar surface area (TPSA) is 0 Å². The zero-order chi connectivity index (χ0) is 12.3. The average molecular weight is 242 g/mol. The second kappa shape index (κ2) is 7.12. The quantitative estimate of drug-likeness (QED) is 0.430. The molecular weight excluding hydrogens is 225 g/mol. The van der Waals surface area contributed by atoms with E-state index in [0.717, 1.165) is 32.1 Å². The van der Waals surface area contributed by atoms with Gasteiger partial charge in [-0.25, -0.2) is 4.39 Å². The van der Waals surface area contributed by atoms with Gasteiger partial charge in [-0.15, -0.1) is 11.6 Å². The molecule has 0 amide bonds. The van der Waals surface area contributed by atoms with Crippen molar-refractivity contribution in [3.05, 3.63) is 47.0 Å². The smallest absolute Gasteiger partial charge is 0.281 e. The molecule has 0 aromatic heterocycles. The van der Waals surface area contributed by atoms with Crippen molar-refractivity contribution in [1.29, 1.82) is 0 Å². The molecular formula is C15H17F2Li. The van der Waals surface area contributed by atoms with Gasteiger partial charge in [0.2, 0.25) is 0 Å². The van der Waals surface area contributed by atoms with Crippen molar-refractivity contribution in [2.45, 2.75) is 44.9 Å². The molecule has 1 atom stereocenters. The molecule has 0 N–H and O–H groups in total. The molecule has 0 saturated carbocycles. The third-order valence-corrected chi connectivity index (χ3v) is 3.43. The molecule has 0 aliphatic heterocycles. The summed E-state index contributed by atoms with van der Waals surface area (Å²) in [6.45, 7) is 2.16. The predicted molar refractivity (Wildman–Crippen MR) is 64.8 cm³/mol. The van der Waals surface area contributed by atoms with E-state index in [1.54, 1.807) is 6.07 Å². The van der Waals surface area contributed by atoms with Crippen LogP contribution in [0.4, 0.5) is 8.78 Å². The summed E-state index contributed by atoms with van der Waals surface area (Å²) in [7, 11) is 0. The third-order valence-electron chi connectivity index (χ3n) is 3.43. The Bertz CT molecular complexity index is 427.